The molecule has 0 spiro atoms. The average Bonchev–Trinajstić information content (AvgIpc) is 3.24. The molecule has 1 amide bonds. The zero-order valence-corrected chi connectivity index (χ0v) is 14.5. The summed E-state index contributed by atoms with van der Waals surface area (Å²) in [5.41, 5.74) is 1.56. The number of aliphatic hydroxyl groups is 1. The largest absolute Gasteiger partial charge is 0.385 e. The van der Waals surface area contributed by atoms with E-state index in [2.05, 4.69) is 4.98 Å². The van der Waals surface area contributed by atoms with Crippen molar-refractivity contribution in [1.82, 2.24) is 14.3 Å². The molecule has 2 aliphatic heterocycles. The molecule has 3 aromatic rings. The molecule has 0 radical (unpaired) electrons. The lowest BCUT2D eigenvalue weighted by Crippen LogP contribution is -2.52. The standard InChI is InChI=1S/C21H21N3O2/c25-20(19-11-16-7-4-10-23(16)14-22-19)24-17-8-9-18(24)13-21(26,12-17)15-5-2-1-3-6-15/h1-7,10-11,14,17-18,26H,8-9,12-13H2. The number of rotatable bonds is 2. The Morgan fingerprint density at radius 1 is 1.08 bits per heavy atom. The van der Waals surface area contributed by atoms with E-state index in [1.807, 2.05) is 64.0 Å². The molecule has 1 aromatic carbocycles. The second-order valence-corrected chi connectivity index (χ2v) is 7.52. The number of benzene rings is 1. The number of amides is 1. The minimum atomic E-state index is -0.844. The lowest BCUT2D eigenvalue weighted by Gasteiger charge is -2.44. The summed E-state index contributed by atoms with van der Waals surface area (Å²) in [6, 6.07) is 15.7. The van der Waals surface area contributed by atoms with Gasteiger partial charge in [0.2, 0.25) is 0 Å². The van der Waals surface area contributed by atoms with Crippen LogP contribution in [0.15, 0.2) is 61.1 Å². The van der Waals surface area contributed by atoms with Gasteiger partial charge in [0, 0.05) is 36.6 Å². The highest BCUT2D eigenvalue weighted by Crippen LogP contribution is 2.46. The summed E-state index contributed by atoms with van der Waals surface area (Å²) in [7, 11) is 0. The normalized spacial score (nSPS) is 27.8. The maximum absolute atomic E-state index is 13.1. The van der Waals surface area contributed by atoms with Crippen molar-refractivity contribution in [2.45, 2.75) is 43.4 Å². The highest BCUT2D eigenvalue weighted by Gasteiger charge is 2.50. The van der Waals surface area contributed by atoms with Crippen molar-refractivity contribution >= 4 is 11.4 Å². The fourth-order valence-electron chi connectivity index (χ4n) is 4.73. The van der Waals surface area contributed by atoms with Crippen molar-refractivity contribution in [2.24, 2.45) is 0 Å². The highest BCUT2D eigenvalue weighted by atomic mass is 16.3. The van der Waals surface area contributed by atoms with Gasteiger partial charge in [0.25, 0.3) is 5.91 Å². The van der Waals surface area contributed by atoms with Crippen molar-refractivity contribution in [1.29, 1.82) is 0 Å². The number of nitrogens with zero attached hydrogens (tertiary/aromatic N) is 3. The van der Waals surface area contributed by atoms with Gasteiger partial charge < -0.3 is 14.4 Å². The molecular formula is C21H21N3O2. The van der Waals surface area contributed by atoms with Gasteiger partial charge in [0.05, 0.1) is 11.9 Å². The van der Waals surface area contributed by atoms with Gasteiger partial charge in [-0.25, -0.2) is 4.98 Å². The van der Waals surface area contributed by atoms with Gasteiger partial charge in [-0.15, -0.1) is 0 Å². The van der Waals surface area contributed by atoms with Gasteiger partial charge >= 0.3 is 0 Å². The number of aromatic nitrogens is 2. The molecule has 5 nitrogen and oxygen atoms in total. The second-order valence-electron chi connectivity index (χ2n) is 7.52. The summed E-state index contributed by atoms with van der Waals surface area (Å²) in [4.78, 5) is 19.5. The van der Waals surface area contributed by atoms with Crippen LogP contribution < -0.4 is 0 Å². The molecule has 2 fully saturated rings. The van der Waals surface area contributed by atoms with E-state index >= 15 is 0 Å². The molecule has 26 heavy (non-hydrogen) atoms. The first-order valence-corrected chi connectivity index (χ1v) is 9.17. The topological polar surface area (TPSA) is 57.8 Å². The predicted molar refractivity (Wildman–Crippen MR) is 97.7 cm³/mol. The summed E-state index contributed by atoms with van der Waals surface area (Å²) < 4.78 is 1.90. The van der Waals surface area contributed by atoms with Crippen LogP contribution in [0.5, 0.6) is 0 Å². The Morgan fingerprint density at radius 3 is 2.54 bits per heavy atom. The zero-order valence-electron chi connectivity index (χ0n) is 14.5. The number of fused-ring (bicyclic) bond motifs is 3. The van der Waals surface area contributed by atoms with Gasteiger partial charge in [-0.2, -0.15) is 0 Å². The second kappa shape index (κ2) is 5.68. The van der Waals surface area contributed by atoms with E-state index in [1.165, 1.54) is 0 Å². The van der Waals surface area contributed by atoms with Crippen LogP contribution in [0.4, 0.5) is 0 Å². The van der Waals surface area contributed by atoms with E-state index in [0.717, 1.165) is 23.9 Å². The number of carbonyl (C=O) groups excluding carboxylic acids is 1. The van der Waals surface area contributed by atoms with Gasteiger partial charge in [0.1, 0.15) is 5.69 Å². The Labute approximate surface area is 151 Å². The van der Waals surface area contributed by atoms with Crippen molar-refractivity contribution < 1.29 is 9.90 Å². The van der Waals surface area contributed by atoms with Gasteiger partial charge in [-0.05, 0) is 36.6 Å². The molecule has 2 saturated heterocycles. The minimum Gasteiger partial charge on any atom is -0.385 e. The fourth-order valence-corrected chi connectivity index (χ4v) is 4.73. The third-order valence-corrected chi connectivity index (χ3v) is 5.95. The summed E-state index contributed by atoms with van der Waals surface area (Å²) in [5, 5.41) is 11.3. The molecule has 2 aliphatic rings. The molecule has 1 N–H and O–H groups in total. The highest BCUT2D eigenvalue weighted by molar-refractivity contribution is 5.94. The molecule has 4 heterocycles. The lowest BCUT2D eigenvalue weighted by molar-refractivity contribution is -0.0480. The van der Waals surface area contributed by atoms with Crippen molar-refractivity contribution in [2.75, 3.05) is 0 Å². The van der Waals surface area contributed by atoms with Crippen LogP contribution in [0.1, 0.15) is 41.7 Å². The van der Waals surface area contributed by atoms with Crippen LogP contribution in [0.3, 0.4) is 0 Å². The van der Waals surface area contributed by atoms with Crippen molar-refractivity contribution in [3.05, 3.63) is 72.3 Å². The van der Waals surface area contributed by atoms with Crippen LogP contribution in [0, 0.1) is 0 Å². The molecule has 132 valence electrons. The fraction of sp³-hybridized carbons (Fsp3) is 0.333. The number of hydrogen-bond acceptors (Lipinski definition) is 3. The van der Waals surface area contributed by atoms with E-state index in [1.54, 1.807) is 6.33 Å². The first kappa shape index (κ1) is 15.6. The van der Waals surface area contributed by atoms with Gasteiger partial charge in [-0.1, -0.05) is 30.3 Å². The Morgan fingerprint density at radius 2 is 1.81 bits per heavy atom. The number of hydrogen-bond donors (Lipinski definition) is 1. The predicted octanol–water partition coefficient (Wildman–Crippen LogP) is 2.99. The zero-order chi connectivity index (χ0) is 17.7. The Bertz CT molecular complexity index is 952. The monoisotopic (exact) mass is 347 g/mol. The Hall–Kier alpha value is -2.66. The SMILES string of the molecule is O=C(c1cc2cccn2cn1)N1C2CCC1CC(O)(c1ccccc1)C2. The van der Waals surface area contributed by atoms with Crippen LogP contribution >= 0.6 is 0 Å². The molecule has 0 saturated carbocycles. The van der Waals surface area contributed by atoms with Gasteiger partial charge in [-0.3, -0.25) is 4.79 Å². The van der Waals surface area contributed by atoms with E-state index in [9.17, 15) is 9.90 Å². The van der Waals surface area contributed by atoms with Crippen LogP contribution in [-0.4, -0.2) is 37.4 Å². The number of piperidine rings is 1. The maximum Gasteiger partial charge on any atom is 0.273 e. The Kier molecular flexibility index (Phi) is 3.40. The molecule has 2 atom stereocenters. The van der Waals surface area contributed by atoms with E-state index in [-0.39, 0.29) is 18.0 Å². The van der Waals surface area contributed by atoms with Crippen LogP contribution in [0.2, 0.25) is 0 Å². The minimum absolute atomic E-state index is 0.0173. The number of carbonyl (C=O) groups is 1. The molecule has 2 bridgehead atoms. The van der Waals surface area contributed by atoms with Gasteiger partial charge in [0.15, 0.2) is 0 Å². The average molecular weight is 347 g/mol. The first-order chi connectivity index (χ1) is 12.6. The smallest absolute Gasteiger partial charge is 0.273 e. The molecule has 5 rings (SSSR count). The molecular weight excluding hydrogens is 326 g/mol. The summed E-state index contributed by atoms with van der Waals surface area (Å²) >= 11 is 0. The van der Waals surface area contributed by atoms with Crippen molar-refractivity contribution in [3.8, 4) is 0 Å². The van der Waals surface area contributed by atoms with E-state index in [4.69, 9.17) is 0 Å². The maximum atomic E-state index is 13.1. The quantitative estimate of drug-likeness (QED) is 0.775. The molecule has 2 aromatic heterocycles. The van der Waals surface area contributed by atoms with Crippen LogP contribution in [0.25, 0.3) is 5.52 Å². The van der Waals surface area contributed by atoms with E-state index < -0.39 is 5.60 Å². The van der Waals surface area contributed by atoms with E-state index in [0.29, 0.717) is 18.5 Å². The third-order valence-electron chi connectivity index (χ3n) is 5.95. The lowest BCUT2D eigenvalue weighted by atomic mass is 9.80. The Balaban J connectivity index is 1.44. The summed E-state index contributed by atoms with van der Waals surface area (Å²) in [6.45, 7) is 0. The molecule has 5 heteroatoms. The van der Waals surface area contributed by atoms with Crippen LogP contribution in [-0.2, 0) is 5.60 Å². The molecule has 0 aliphatic carbocycles. The summed E-state index contributed by atoms with van der Waals surface area (Å²) in [5.74, 6) is -0.0173. The summed E-state index contributed by atoms with van der Waals surface area (Å²) in [6.07, 6.45) is 6.67. The third kappa shape index (κ3) is 2.35. The molecule has 2 unspecified atom stereocenters. The van der Waals surface area contributed by atoms with Crippen molar-refractivity contribution in [3.63, 3.8) is 0 Å². The first-order valence-electron chi connectivity index (χ1n) is 9.17.